The van der Waals surface area contributed by atoms with E-state index in [-0.39, 0.29) is 23.8 Å². The van der Waals surface area contributed by atoms with Crippen molar-refractivity contribution in [2.45, 2.75) is 37.3 Å². The molecule has 0 bridgehead atoms. The number of aliphatic hydroxyl groups excluding tert-OH is 1. The van der Waals surface area contributed by atoms with E-state index in [0.29, 0.717) is 6.42 Å². The molecular formula is C9H16ClNO3. The highest BCUT2D eigenvalue weighted by molar-refractivity contribution is 5.85. The lowest BCUT2D eigenvalue weighted by Gasteiger charge is -2.63. The number of aliphatic hydroxyl groups is 1. The summed E-state index contributed by atoms with van der Waals surface area (Å²) in [7, 11) is 1.34. The van der Waals surface area contributed by atoms with E-state index in [1.54, 1.807) is 0 Å². The first kappa shape index (κ1) is 11.8. The zero-order chi connectivity index (χ0) is 9.69. The van der Waals surface area contributed by atoms with Gasteiger partial charge in [0.1, 0.15) is 5.54 Å². The molecule has 82 valence electrons. The first-order chi connectivity index (χ1) is 6.07. The van der Waals surface area contributed by atoms with Gasteiger partial charge in [0.05, 0.1) is 13.2 Å². The average Bonchev–Trinajstić information content (AvgIpc) is 1.98. The summed E-state index contributed by atoms with van der Waals surface area (Å²) < 4.78 is 4.66. The van der Waals surface area contributed by atoms with Crippen molar-refractivity contribution in [3.8, 4) is 0 Å². The molecule has 0 aliphatic heterocycles. The summed E-state index contributed by atoms with van der Waals surface area (Å²) in [6, 6.07) is 0. The van der Waals surface area contributed by atoms with Crippen molar-refractivity contribution in [1.29, 1.82) is 0 Å². The van der Waals surface area contributed by atoms with Gasteiger partial charge in [-0.1, -0.05) is 6.42 Å². The molecule has 0 radical (unpaired) electrons. The third kappa shape index (κ3) is 1.05. The van der Waals surface area contributed by atoms with Crippen LogP contribution in [0.2, 0.25) is 0 Å². The third-order valence-corrected chi connectivity index (χ3v) is 3.84. The smallest absolute Gasteiger partial charge is 0.326 e. The number of esters is 1. The zero-order valence-electron chi connectivity index (χ0n) is 8.16. The van der Waals surface area contributed by atoms with Gasteiger partial charge in [0, 0.05) is 11.8 Å². The van der Waals surface area contributed by atoms with Gasteiger partial charge < -0.3 is 15.6 Å². The van der Waals surface area contributed by atoms with Crippen LogP contribution in [0.1, 0.15) is 25.7 Å². The molecular weight excluding hydrogens is 206 g/mol. The second kappa shape index (κ2) is 3.36. The van der Waals surface area contributed by atoms with Crippen molar-refractivity contribution in [3.05, 3.63) is 0 Å². The van der Waals surface area contributed by atoms with E-state index in [4.69, 9.17) is 5.73 Å². The molecule has 1 spiro atoms. The summed E-state index contributed by atoms with van der Waals surface area (Å²) in [5.41, 5.74) is 4.67. The maximum Gasteiger partial charge on any atom is 0.326 e. The Kier molecular flexibility index (Phi) is 2.82. The standard InChI is InChI=1S/C9H15NO3.ClH/c1-13-7(12)9(10)5-6(11)8(9)3-2-4-8;/h6,11H,2-5,10H2,1H3;1H/t6-,9+;/m1./s1. The van der Waals surface area contributed by atoms with E-state index in [2.05, 4.69) is 4.74 Å². The second-order valence-corrected chi connectivity index (χ2v) is 4.19. The number of hydrogen-bond donors (Lipinski definition) is 2. The third-order valence-electron chi connectivity index (χ3n) is 3.84. The lowest BCUT2D eigenvalue weighted by Crippen LogP contribution is -2.77. The predicted octanol–water partition coefficient (Wildman–Crippen LogP) is 0.214. The maximum atomic E-state index is 11.4. The topological polar surface area (TPSA) is 72.5 Å². The fraction of sp³-hybridized carbons (Fsp3) is 0.889. The van der Waals surface area contributed by atoms with Gasteiger partial charge >= 0.3 is 5.97 Å². The van der Waals surface area contributed by atoms with E-state index in [1.165, 1.54) is 7.11 Å². The first-order valence-electron chi connectivity index (χ1n) is 4.62. The van der Waals surface area contributed by atoms with Crippen LogP contribution in [0.25, 0.3) is 0 Å². The fourth-order valence-electron chi connectivity index (χ4n) is 2.68. The number of carbonyl (C=O) groups excluding carboxylic acids is 1. The molecule has 2 aliphatic carbocycles. The van der Waals surface area contributed by atoms with Crippen LogP contribution in [0.15, 0.2) is 0 Å². The molecule has 0 aromatic carbocycles. The number of carbonyl (C=O) groups is 1. The van der Waals surface area contributed by atoms with Crippen LogP contribution < -0.4 is 5.73 Å². The Morgan fingerprint density at radius 2 is 2.14 bits per heavy atom. The molecule has 0 unspecified atom stereocenters. The van der Waals surface area contributed by atoms with Gasteiger partial charge in [-0.25, -0.2) is 0 Å². The van der Waals surface area contributed by atoms with Gasteiger partial charge in [-0.2, -0.15) is 0 Å². The Balaban J connectivity index is 0.000000980. The molecule has 2 saturated carbocycles. The van der Waals surface area contributed by atoms with Crippen molar-refractivity contribution in [3.63, 3.8) is 0 Å². The Hall–Kier alpha value is -0.320. The Morgan fingerprint density at radius 1 is 1.57 bits per heavy atom. The van der Waals surface area contributed by atoms with Crippen molar-refractivity contribution in [1.82, 2.24) is 0 Å². The lowest BCUT2D eigenvalue weighted by molar-refractivity contribution is -0.207. The van der Waals surface area contributed by atoms with E-state index in [0.717, 1.165) is 19.3 Å². The molecule has 2 atom stereocenters. The summed E-state index contributed by atoms with van der Waals surface area (Å²) in [5, 5.41) is 9.61. The normalized spacial score (nSPS) is 37.8. The van der Waals surface area contributed by atoms with Gasteiger partial charge in [-0.3, -0.25) is 4.79 Å². The monoisotopic (exact) mass is 221 g/mol. The van der Waals surface area contributed by atoms with Crippen molar-refractivity contribution in [2.75, 3.05) is 7.11 Å². The minimum atomic E-state index is -0.917. The number of nitrogens with two attached hydrogens (primary N) is 1. The van der Waals surface area contributed by atoms with Crippen molar-refractivity contribution < 1.29 is 14.6 Å². The van der Waals surface area contributed by atoms with Crippen LogP contribution in [-0.4, -0.2) is 29.8 Å². The van der Waals surface area contributed by atoms with E-state index >= 15 is 0 Å². The van der Waals surface area contributed by atoms with Crippen molar-refractivity contribution >= 4 is 18.4 Å². The molecule has 0 aromatic heterocycles. The van der Waals surface area contributed by atoms with Crippen LogP contribution in [-0.2, 0) is 9.53 Å². The summed E-state index contributed by atoms with van der Waals surface area (Å²) in [6.45, 7) is 0. The molecule has 5 heteroatoms. The Morgan fingerprint density at radius 3 is 2.43 bits per heavy atom. The number of methoxy groups -OCH3 is 1. The molecule has 2 aliphatic rings. The van der Waals surface area contributed by atoms with Crippen LogP contribution >= 0.6 is 12.4 Å². The highest BCUT2D eigenvalue weighted by atomic mass is 35.5. The molecule has 0 amide bonds. The molecule has 4 nitrogen and oxygen atoms in total. The Bertz CT molecular complexity index is 254. The largest absolute Gasteiger partial charge is 0.468 e. The minimum absolute atomic E-state index is 0. The van der Waals surface area contributed by atoms with E-state index < -0.39 is 11.6 Å². The van der Waals surface area contributed by atoms with Gasteiger partial charge in [-0.15, -0.1) is 12.4 Å². The fourth-order valence-corrected chi connectivity index (χ4v) is 2.68. The second-order valence-electron chi connectivity index (χ2n) is 4.19. The highest BCUT2D eigenvalue weighted by Gasteiger charge is 2.70. The number of hydrogen-bond acceptors (Lipinski definition) is 4. The van der Waals surface area contributed by atoms with Crippen LogP contribution in [0.4, 0.5) is 0 Å². The molecule has 2 rings (SSSR count). The van der Waals surface area contributed by atoms with Crippen LogP contribution in [0.3, 0.4) is 0 Å². The minimum Gasteiger partial charge on any atom is -0.468 e. The predicted molar refractivity (Wildman–Crippen MR) is 53.1 cm³/mol. The van der Waals surface area contributed by atoms with Crippen LogP contribution in [0, 0.1) is 5.41 Å². The number of ether oxygens (including phenoxy) is 1. The molecule has 3 N–H and O–H groups in total. The molecule has 0 heterocycles. The summed E-state index contributed by atoms with van der Waals surface area (Å²) in [5.74, 6) is -0.377. The van der Waals surface area contributed by atoms with Gasteiger partial charge in [0.2, 0.25) is 0 Å². The molecule has 2 fully saturated rings. The lowest BCUT2D eigenvalue weighted by atomic mass is 9.44. The van der Waals surface area contributed by atoms with Crippen molar-refractivity contribution in [2.24, 2.45) is 11.1 Å². The number of rotatable bonds is 1. The van der Waals surface area contributed by atoms with Gasteiger partial charge in [0.25, 0.3) is 0 Å². The maximum absolute atomic E-state index is 11.4. The number of halogens is 1. The van der Waals surface area contributed by atoms with Gasteiger partial charge in [-0.05, 0) is 12.8 Å². The highest BCUT2D eigenvalue weighted by Crippen LogP contribution is 2.61. The quantitative estimate of drug-likeness (QED) is 0.621. The summed E-state index contributed by atoms with van der Waals surface area (Å²) in [4.78, 5) is 11.4. The molecule has 0 aromatic rings. The molecule has 14 heavy (non-hydrogen) atoms. The summed E-state index contributed by atoms with van der Waals surface area (Å²) in [6.07, 6.45) is 2.68. The molecule has 0 saturated heterocycles. The van der Waals surface area contributed by atoms with Crippen LogP contribution in [0.5, 0.6) is 0 Å². The zero-order valence-corrected chi connectivity index (χ0v) is 8.97. The SMILES string of the molecule is COC(=O)[C@@]1(N)C[C@@H](O)C12CCC2.Cl. The van der Waals surface area contributed by atoms with E-state index in [9.17, 15) is 9.90 Å². The summed E-state index contributed by atoms with van der Waals surface area (Å²) >= 11 is 0. The average molecular weight is 222 g/mol. The van der Waals surface area contributed by atoms with E-state index in [1.807, 2.05) is 0 Å². The first-order valence-corrected chi connectivity index (χ1v) is 4.62. The Labute approximate surface area is 89.2 Å². The van der Waals surface area contributed by atoms with Gasteiger partial charge in [0.15, 0.2) is 0 Å².